The Hall–Kier alpha value is -1.91. The van der Waals surface area contributed by atoms with Gasteiger partial charge in [-0.2, -0.15) is 0 Å². The Balaban J connectivity index is 2.24. The van der Waals surface area contributed by atoms with Crippen molar-refractivity contribution in [2.75, 3.05) is 11.9 Å². The van der Waals surface area contributed by atoms with Crippen LogP contribution in [0.1, 0.15) is 17.3 Å². The van der Waals surface area contributed by atoms with Gasteiger partial charge in [0.2, 0.25) is 0 Å². The van der Waals surface area contributed by atoms with Gasteiger partial charge in [0.1, 0.15) is 0 Å². The molecule has 0 bridgehead atoms. The van der Waals surface area contributed by atoms with Gasteiger partial charge in [-0.25, -0.2) is 0 Å². The van der Waals surface area contributed by atoms with Gasteiger partial charge >= 0.3 is 0 Å². The Labute approximate surface area is 132 Å². The summed E-state index contributed by atoms with van der Waals surface area (Å²) in [6.07, 6.45) is 0. The third-order valence-electron chi connectivity index (χ3n) is 2.69. The first-order valence-corrected chi connectivity index (χ1v) is 6.99. The minimum Gasteiger partial charge on any atom is -0.503 e. The van der Waals surface area contributed by atoms with Gasteiger partial charge in [-0.15, -0.1) is 0 Å². The number of carbonyl (C=O) groups is 1. The molecule has 0 radical (unpaired) electrons. The van der Waals surface area contributed by atoms with E-state index in [9.17, 15) is 9.90 Å². The van der Waals surface area contributed by atoms with Crippen molar-refractivity contribution in [1.82, 2.24) is 0 Å². The highest BCUT2D eigenvalue weighted by Gasteiger charge is 2.14. The van der Waals surface area contributed by atoms with Gasteiger partial charge in [-0.1, -0.05) is 23.2 Å². The second-order valence-corrected chi connectivity index (χ2v) is 5.04. The van der Waals surface area contributed by atoms with Crippen molar-refractivity contribution in [2.45, 2.75) is 6.92 Å². The largest absolute Gasteiger partial charge is 0.503 e. The average molecular weight is 326 g/mol. The fraction of sp³-hybridized carbons (Fsp3) is 0.133. The van der Waals surface area contributed by atoms with Crippen molar-refractivity contribution >= 4 is 34.8 Å². The van der Waals surface area contributed by atoms with Crippen molar-refractivity contribution in [1.29, 1.82) is 0 Å². The number of nitrogens with one attached hydrogen (secondary N) is 1. The fourth-order valence-electron chi connectivity index (χ4n) is 1.71. The number of hydrogen-bond acceptors (Lipinski definition) is 3. The molecule has 0 fully saturated rings. The van der Waals surface area contributed by atoms with Gasteiger partial charge in [0.05, 0.1) is 11.6 Å². The van der Waals surface area contributed by atoms with Gasteiger partial charge in [0.25, 0.3) is 5.91 Å². The number of ether oxygens (including phenoxy) is 1. The first-order valence-electron chi connectivity index (χ1n) is 6.23. The normalized spacial score (nSPS) is 10.2. The monoisotopic (exact) mass is 325 g/mol. The third kappa shape index (κ3) is 3.80. The van der Waals surface area contributed by atoms with Gasteiger partial charge in [0.15, 0.2) is 11.5 Å². The van der Waals surface area contributed by atoms with E-state index in [0.717, 1.165) is 0 Å². The molecular formula is C15H13Cl2NO3. The number of halogens is 2. The number of aromatic hydroxyl groups is 1. The average Bonchev–Trinajstić information content (AvgIpc) is 2.46. The molecule has 0 heterocycles. The fourth-order valence-corrected chi connectivity index (χ4v) is 2.04. The number of benzene rings is 2. The van der Waals surface area contributed by atoms with Crippen LogP contribution < -0.4 is 10.1 Å². The summed E-state index contributed by atoms with van der Waals surface area (Å²) in [7, 11) is 0. The molecule has 2 N–H and O–H groups in total. The molecule has 2 rings (SSSR count). The number of carbonyl (C=O) groups excluding carboxylic acids is 1. The Kier molecular flexibility index (Phi) is 4.94. The molecule has 0 spiro atoms. The van der Waals surface area contributed by atoms with E-state index < -0.39 is 0 Å². The van der Waals surface area contributed by atoms with E-state index in [2.05, 4.69) is 5.32 Å². The lowest BCUT2D eigenvalue weighted by Crippen LogP contribution is -2.12. The van der Waals surface area contributed by atoms with Crippen LogP contribution in [0, 0.1) is 0 Å². The van der Waals surface area contributed by atoms with Crippen LogP contribution in [0.2, 0.25) is 10.0 Å². The third-order valence-corrected chi connectivity index (χ3v) is 3.23. The number of hydrogen-bond donors (Lipinski definition) is 2. The predicted octanol–water partition coefficient (Wildman–Crippen LogP) is 4.35. The summed E-state index contributed by atoms with van der Waals surface area (Å²) >= 11 is 11.7. The number of amides is 1. The molecule has 0 aromatic heterocycles. The minimum absolute atomic E-state index is 0.0576. The first-order chi connectivity index (χ1) is 10.0. The summed E-state index contributed by atoms with van der Waals surface area (Å²) < 4.78 is 5.24. The van der Waals surface area contributed by atoms with E-state index >= 15 is 0 Å². The van der Waals surface area contributed by atoms with E-state index in [4.69, 9.17) is 27.9 Å². The molecule has 0 atom stereocenters. The highest BCUT2D eigenvalue weighted by molar-refractivity contribution is 6.32. The maximum Gasteiger partial charge on any atom is 0.255 e. The first kappa shape index (κ1) is 15.5. The molecule has 2 aromatic rings. The summed E-state index contributed by atoms with van der Waals surface area (Å²) in [6.45, 7) is 2.12. The van der Waals surface area contributed by atoms with Crippen LogP contribution in [0.4, 0.5) is 5.69 Å². The molecule has 0 unspecified atom stereocenters. The lowest BCUT2D eigenvalue weighted by Gasteiger charge is -2.10. The SMILES string of the molecule is CCOc1cc(C(=O)Nc2ccc(Cl)cc2)cc(Cl)c1O. The molecule has 1 amide bonds. The number of phenolic OH excluding ortho intramolecular Hbond substituents is 1. The molecule has 0 saturated carbocycles. The predicted molar refractivity (Wildman–Crippen MR) is 83.7 cm³/mol. The molecule has 110 valence electrons. The summed E-state index contributed by atoms with van der Waals surface area (Å²) in [5.41, 5.74) is 0.891. The van der Waals surface area contributed by atoms with Crippen LogP contribution in [0.3, 0.4) is 0 Å². The zero-order valence-corrected chi connectivity index (χ0v) is 12.7. The van der Waals surface area contributed by atoms with Crippen molar-refractivity contribution in [3.05, 3.63) is 52.0 Å². The number of phenols is 1. The van der Waals surface area contributed by atoms with Crippen LogP contribution in [-0.2, 0) is 0 Å². The zero-order valence-electron chi connectivity index (χ0n) is 11.2. The Morgan fingerprint density at radius 3 is 2.52 bits per heavy atom. The van der Waals surface area contributed by atoms with Gasteiger partial charge < -0.3 is 15.2 Å². The van der Waals surface area contributed by atoms with Crippen molar-refractivity contribution in [3.8, 4) is 11.5 Å². The van der Waals surface area contributed by atoms with E-state index in [1.165, 1.54) is 12.1 Å². The van der Waals surface area contributed by atoms with Crippen LogP contribution in [0.25, 0.3) is 0 Å². The second kappa shape index (κ2) is 6.70. The molecule has 6 heteroatoms. The molecule has 21 heavy (non-hydrogen) atoms. The van der Waals surface area contributed by atoms with Crippen LogP contribution in [-0.4, -0.2) is 17.6 Å². The summed E-state index contributed by atoms with van der Waals surface area (Å²) in [5, 5.41) is 13.1. The van der Waals surface area contributed by atoms with E-state index in [1.54, 1.807) is 31.2 Å². The minimum atomic E-state index is -0.361. The van der Waals surface area contributed by atoms with E-state index in [1.807, 2.05) is 0 Å². The summed E-state index contributed by atoms with van der Waals surface area (Å²) in [4.78, 5) is 12.2. The lowest BCUT2D eigenvalue weighted by atomic mass is 10.1. The molecule has 0 aliphatic rings. The molecule has 2 aromatic carbocycles. The number of anilines is 1. The molecule has 0 aliphatic heterocycles. The van der Waals surface area contributed by atoms with Gasteiger partial charge in [-0.05, 0) is 43.3 Å². The maximum absolute atomic E-state index is 12.2. The number of rotatable bonds is 4. The van der Waals surface area contributed by atoms with Crippen molar-refractivity contribution < 1.29 is 14.6 Å². The van der Waals surface area contributed by atoms with Crippen LogP contribution in [0.15, 0.2) is 36.4 Å². The van der Waals surface area contributed by atoms with Crippen molar-refractivity contribution in [3.63, 3.8) is 0 Å². The quantitative estimate of drug-likeness (QED) is 0.878. The Morgan fingerprint density at radius 2 is 1.90 bits per heavy atom. The smallest absolute Gasteiger partial charge is 0.255 e. The summed E-state index contributed by atoms with van der Waals surface area (Å²) in [5.74, 6) is -0.368. The van der Waals surface area contributed by atoms with Crippen molar-refractivity contribution in [2.24, 2.45) is 0 Å². The second-order valence-electron chi connectivity index (χ2n) is 4.20. The van der Waals surface area contributed by atoms with E-state index in [0.29, 0.717) is 17.3 Å². The highest BCUT2D eigenvalue weighted by Crippen LogP contribution is 2.35. The van der Waals surface area contributed by atoms with E-state index in [-0.39, 0.29) is 28.0 Å². The summed E-state index contributed by atoms with van der Waals surface area (Å²) in [6, 6.07) is 9.54. The Bertz CT molecular complexity index is 657. The molecule has 0 aliphatic carbocycles. The Morgan fingerprint density at radius 1 is 1.24 bits per heavy atom. The molecule has 0 saturated heterocycles. The zero-order chi connectivity index (χ0) is 15.4. The van der Waals surface area contributed by atoms with Gasteiger partial charge in [-0.3, -0.25) is 4.79 Å². The van der Waals surface area contributed by atoms with Crippen LogP contribution in [0.5, 0.6) is 11.5 Å². The topological polar surface area (TPSA) is 58.6 Å². The van der Waals surface area contributed by atoms with Gasteiger partial charge in [0, 0.05) is 16.3 Å². The standard InChI is InChI=1S/C15H13Cl2NO3/c1-2-21-13-8-9(7-12(17)14(13)19)15(20)18-11-5-3-10(16)4-6-11/h3-8,19H,2H2,1H3,(H,18,20). The van der Waals surface area contributed by atoms with Crippen LogP contribution >= 0.6 is 23.2 Å². The molecule has 4 nitrogen and oxygen atoms in total. The lowest BCUT2D eigenvalue weighted by molar-refractivity contribution is 0.102. The molecular weight excluding hydrogens is 313 g/mol. The maximum atomic E-state index is 12.2. The highest BCUT2D eigenvalue weighted by atomic mass is 35.5.